The van der Waals surface area contributed by atoms with Crippen molar-refractivity contribution in [3.05, 3.63) is 15.6 Å². The van der Waals surface area contributed by atoms with Gasteiger partial charge in [0.25, 0.3) is 0 Å². The number of aromatic nitrogens is 1. The van der Waals surface area contributed by atoms with E-state index in [2.05, 4.69) is 15.6 Å². The first-order valence-electron chi connectivity index (χ1n) is 8.33. The molecule has 0 bridgehead atoms. The zero-order chi connectivity index (χ0) is 15.6. The van der Waals surface area contributed by atoms with Gasteiger partial charge >= 0.3 is 0 Å². The largest absolute Gasteiger partial charge is 0.380 e. The Morgan fingerprint density at radius 2 is 2.04 bits per heavy atom. The molecule has 0 amide bonds. The lowest BCUT2D eigenvalue weighted by atomic mass is 10.0. The molecular formula is C16H29IN4OS. The predicted octanol–water partition coefficient (Wildman–Crippen LogP) is 2.77. The minimum atomic E-state index is 0. The van der Waals surface area contributed by atoms with Crippen molar-refractivity contribution in [2.24, 2.45) is 4.99 Å². The highest BCUT2D eigenvalue weighted by atomic mass is 127. The van der Waals surface area contributed by atoms with Crippen LogP contribution in [0.2, 0.25) is 0 Å². The molecule has 1 aromatic heterocycles. The number of fused-ring (bicyclic) bond motifs is 1. The van der Waals surface area contributed by atoms with Gasteiger partial charge in [-0.05, 0) is 39.0 Å². The maximum Gasteiger partial charge on any atom is 0.191 e. The summed E-state index contributed by atoms with van der Waals surface area (Å²) in [7, 11) is 1.80. The summed E-state index contributed by atoms with van der Waals surface area (Å²) >= 11 is 1.92. The van der Waals surface area contributed by atoms with Gasteiger partial charge in [-0.25, -0.2) is 4.98 Å². The van der Waals surface area contributed by atoms with Crippen LogP contribution >= 0.6 is 35.3 Å². The molecule has 1 aliphatic rings. The molecule has 0 fully saturated rings. The van der Waals surface area contributed by atoms with Gasteiger partial charge in [-0.15, -0.1) is 35.3 Å². The van der Waals surface area contributed by atoms with Gasteiger partial charge in [0.05, 0.1) is 17.3 Å². The van der Waals surface area contributed by atoms with E-state index in [4.69, 9.17) is 9.72 Å². The number of aryl methyl sites for hydroxylation is 3. The number of guanidine groups is 1. The minimum absolute atomic E-state index is 0. The molecule has 0 aromatic carbocycles. The molecule has 0 aliphatic heterocycles. The first-order valence-corrected chi connectivity index (χ1v) is 9.15. The van der Waals surface area contributed by atoms with Crippen LogP contribution in [-0.4, -0.2) is 44.3 Å². The highest BCUT2D eigenvalue weighted by Gasteiger charge is 2.14. The molecule has 0 radical (unpaired) electrons. The van der Waals surface area contributed by atoms with Crippen LogP contribution in [0.15, 0.2) is 4.99 Å². The van der Waals surface area contributed by atoms with E-state index in [0.29, 0.717) is 6.61 Å². The van der Waals surface area contributed by atoms with Crippen LogP contribution in [0.3, 0.4) is 0 Å². The molecule has 0 spiro atoms. The van der Waals surface area contributed by atoms with Gasteiger partial charge in [0, 0.05) is 38.0 Å². The van der Waals surface area contributed by atoms with Crippen molar-refractivity contribution in [3.63, 3.8) is 0 Å². The van der Waals surface area contributed by atoms with E-state index in [-0.39, 0.29) is 24.0 Å². The van der Waals surface area contributed by atoms with Crippen molar-refractivity contribution in [2.45, 2.75) is 45.4 Å². The molecule has 2 rings (SSSR count). The van der Waals surface area contributed by atoms with E-state index < -0.39 is 0 Å². The third kappa shape index (κ3) is 7.34. The molecule has 5 nitrogen and oxygen atoms in total. The number of rotatable bonds is 8. The molecule has 23 heavy (non-hydrogen) atoms. The predicted molar refractivity (Wildman–Crippen MR) is 108 cm³/mol. The lowest BCUT2D eigenvalue weighted by molar-refractivity contribution is 0.152. The van der Waals surface area contributed by atoms with Crippen LogP contribution in [0.4, 0.5) is 0 Å². The fourth-order valence-electron chi connectivity index (χ4n) is 2.57. The summed E-state index contributed by atoms with van der Waals surface area (Å²) in [6, 6.07) is 0. The number of aliphatic imine (C=N–C) groups is 1. The first-order chi connectivity index (χ1) is 10.8. The van der Waals surface area contributed by atoms with E-state index in [1.165, 1.54) is 41.3 Å². The summed E-state index contributed by atoms with van der Waals surface area (Å²) in [4.78, 5) is 10.5. The van der Waals surface area contributed by atoms with Crippen LogP contribution in [-0.2, 0) is 24.0 Å². The zero-order valence-corrected chi connectivity index (χ0v) is 17.3. The molecule has 132 valence electrons. The minimum Gasteiger partial charge on any atom is -0.380 e. The Balaban J connectivity index is 0.00000264. The number of hydrogen-bond donors (Lipinski definition) is 2. The Kier molecular flexibility index (Phi) is 10.8. The Morgan fingerprint density at radius 1 is 1.26 bits per heavy atom. The highest BCUT2D eigenvalue weighted by molar-refractivity contribution is 14.0. The van der Waals surface area contributed by atoms with Gasteiger partial charge < -0.3 is 15.4 Å². The van der Waals surface area contributed by atoms with Gasteiger partial charge in [0.1, 0.15) is 0 Å². The summed E-state index contributed by atoms with van der Waals surface area (Å²) in [6.07, 6.45) is 7.20. The van der Waals surface area contributed by atoms with Crippen molar-refractivity contribution < 1.29 is 4.74 Å². The number of hydrogen-bond acceptors (Lipinski definition) is 4. The molecule has 0 saturated carbocycles. The van der Waals surface area contributed by atoms with E-state index in [1.54, 1.807) is 7.05 Å². The quantitative estimate of drug-likeness (QED) is 0.276. The number of thiazole rings is 1. The average molecular weight is 452 g/mol. The highest BCUT2D eigenvalue weighted by Crippen LogP contribution is 2.27. The summed E-state index contributed by atoms with van der Waals surface area (Å²) in [5, 5.41) is 7.88. The van der Waals surface area contributed by atoms with Gasteiger partial charge in [-0.2, -0.15) is 0 Å². The summed E-state index contributed by atoms with van der Waals surface area (Å²) in [5.41, 5.74) is 1.37. The number of halogens is 1. The van der Waals surface area contributed by atoms with Crippen molar-refractivity contribution >= 4 is 41.3 Å². The maximum absolute atomic E-state index is 5.30. The third-order valence-corrected chi connectivity index (χ3v) is 4.93. The van der Waals surface area contributed by atoms with Crippen molar-refractivity contribution in [1.29, 1.82) is 0 Å². The van der Waals surface area contributed by atoms with Crippen LogP contribution in [0.5, 0.6) is 0 Å². The van der Waals surface area contributed by atoms with Crippen LogP contribution in [0, 0.1) is 0 Å². The molecule has 7 heteroatoms. The molecule has 0 unspecified atom stereocenters. The fraction of sp³-hybridized carbons (Fsp3) is 0.750. The Labute approximate surface area is 160 Å². The Morgan fingerprint density at radius 3 is 2.78 bits per heavy atom. The molecule has 1 aliphatic carbocycles. The van der Waals surface area contributed by atoms with E-state index in [9.17, 15) is 0 Å². The van der Waals surface area contributed by atoms with E-state index in [0.717, 1.165) is 38.5 Å². The number of nitrogens with one attached hydrogen (secondary N) is 2. The van der Waals surface area contributed by atoms with E-state index in [1.807, 2.05) is 18.3 Å². The van der Waals surface area contributed by atoms with Gasteiger partial charge in [-0.3, -0.25) is 4.99 Å². The second kappa shape index (κ2) is 12.0. The Hall–Kier alpha value is -0.410. The zero-order valence-electron chi connectivity index (χ0n) is 14.2. The van der Waals surface area contributed by atoms with Gasteiger partial charge in [0.2, 0.25) is 0 Å². The van der Waals surface area contributed by atoms with Crippen LogP contribution in [0.1, 0.15) is 41.8 Å². The fourth-order valence-corrected chi connectivity index (χ4v) is 3.76. The van der Waals surface area contributed by atoms with E-state index >= 15 is 0 Å². The third-order valence-electron chi connectivity index (χ3n) is 3.72. The molecular weight excluding hydrogens is 423 g/mol. The number of ether oxygens (including phenoxy) is 1. The lowest BCUT2D eigenvalue weighted by Gasteiger charge is -2.11. The van der Waals surface area contributed by atoms with Crippen LogP contribution < -0.4 is 10.6 Å². The van der Waals surface area contributed by atoms with Crippen molar-refractivity contribution in [1.82, 2.24) is 15.6 Å². The second-order valence-electron chi connectivity index (χ2n) is 5.41. The molecule has 0 saturated heterocycles. The SMILES string of the molecule is CCOCCNC(=NC)NCCCc1nc2c(s1)CCCC2.I. The monoisotopic (exact) mass is 452 g/mol. The summed E-state index contributed by atoms with van der Waals surface area (Å²) in [6.45, 7) is 5.17. The average Bonchev–Trinajstić information content (AvgIpc) is 2.96. The summed E-state index contributed by atoms with van der Waals surface area (Å²) in [5.74, 6) is 0.845. The normalized spacial score (nSPS) is 14.1. The van der Waals surface area contributed by atoms with Crippen molar-refractivity contribution in [2.75, 3.05) is 33.4 Å². The lowest BCUT2D eigenvalue weighted by Crippen LogP contribution is -2.39. The first kappa shape index (κ1) is 20.6. The summed E-state index contributed by atoms with van der Waals surface area (Å²) < 4.78 is 5.30. The smallest absolute Gasteiger partial charge is 0.191 e. The Bertz CT molecular complexity index is 455. The maximum atomic E-state index is 5.30. The topological polar surface area (TPSA) is 58.5 Å². The van der Waals surface area contributed by atoms with Gasteiger partial charge in [0.15, 0.2) is 5.96 Å². The molecule has 2 N–H and O–H groups in total. The van der Waals surface area contributed by atoms with Gasteiger partial charge in [-0.1, -0.05) is 0 Å². The second-order valence-corrected chi connectivity index (χ2v) is 6.58. The number of nitrogens with zero attached hydrogens (tertiary/aromatic N) is 2. The van der Waals surface area contributed by atoms with Crippen molar-refractivity contribution in [3.8, 4) is 0 Å². The van der Waals surface area contributed by atoms with Crippen LogP contribution in [0.25, 0.3) is 0 Å². The molecule has 0 atom stereocenters. The standard InChI is InChI=1S/C16H28N4OS.HI/c1-3-21-12-11-19-16(17-2)18-10-6-9-15-20-13-7-4-5-8-14(13)22-15;/h3-12H2,1-2H3,(H2,17,18,19);1H. The molecule has 1 aromatic rings. The molecule has 1 heterocycles.